The van der Waals surface area contributed by atoms with E-state index in [2.05, 4.69) is 35.6 Å². The summed E-state index contributed by atoms with van der Waals surface area (Å²) >= 11 is 1.39. The summed E-state index contributed by atoms with van der Waals surface area (Å²) in [6.45, 7) is 0. The quantitative estimate of drug-likeness (QED) is 0.427. The van der Waals surface area contributed by atoms with E-state index in [1.54, 1.807) is 12.4 Å². The van der Waals surface area contributed by atoms with Crippen LogP contribution in [-0.4, -0.2) is 36.2 Å². The Balaban J connectivity index is 1.25. The zero-order valence-electron chi connectivity index (χ0n) is 15.3. The van der Waals surface area contributed by atoms with Crippen molar-refractivity contribution in [2.24, 2.45) is 0 Å². The molecular weight excluding hydrogens is 390 g/mol. The predicted octanol–water partition coefficient (Wildman–Crippen LogP) is 3.11. The molecule has 0 bridgehead atoms. The smallest absolute Gasteiger partial charge is 0.227 e. The van der Waals surface area contributed by atoms with Gasteiger partial charge in [-0.15, -0.1) is 5.10 Å². The number of rotatable bonds is 8. The molecule has 0 aliphatic heterocycles. The first-order chi connectivity index (χ1) is 14.3. The fraction of sp³-hybridized carbons (Fsp3) is 0.158. The normalized spacial score (nSPS) is 10.8. The van der Waals surface area contributed by atoms with E-state index in [1.165, 1.54) is 11.8 Å². The van der Waals surface area contributed by atoms with Gasteiger partial charge in [-0.2, -0.15) is 4.98 Å². The van der Waals surface area contributed by atoms with Crippen LogP contribution < -0.4 is 5.32 Å². The van der Waals surface area contributed by atoms with Crippen molar-refractivity contribution in [2.45, 2.75) is 23.8 Å². The maximum atomic E-state index is 12.0. The van der Waals surface area contributed by atoms with Crippen molar-refractivity contribution < 1.29 is 9.32 Å². The van der Waals surface area contributed by atoms with Crippen molar-refractivity contribution in [1.29, 1.82) is 0 Å². The molecule has 3 heterocycles. The molecule has 0 radical (unpaired) electrons. The maximum absolute atomic E-state index is 12.0. The van der Waals surface area contributed by atoms with Crippen molar-refractivity contribution in [3.8, 4) is 11.4 Å². The number of aromatic amines is 1. The number of para-hydroxylation sites is 1. The zero-order valence-corrected chi connectivity index (χ0v) is 16.1. The molecule has 10 heteroatoms. The molecule has 0 unspecified atom stereocenters. The second kappa shape index (κ2) is 9.11. The van der Waals surface area contributed by atoms with E-state index in [0.29, 0.717) is 34.9 Å². The molecular formula is C19H17N7O2S. The Morgan fingerprint density at radius 1 is 1.14 bits per heavy atom. The van der Waals surface area contributed by atoms with Gasteiger partial charge in [0.25, 0.3) is 0 Å². The number of aryl methyl sites for hydroxylation is 1. The largest absolute Gasteiger partial charge is 0.339 e. The molecule has 1 amide bonds. The minimum Gasteiger partial charge on any atom is -0.339 e. The van der Waals surface area contributed by atoms with E-state index in [-0.39, 0.29) is 12.3 Å². The van der Waals surface area contributed by atoms with Crippen LogP contribution in [0.1, 0.15) is 18.1 Å². The van der Waals surface area contributed by atoms with Crippen LogP contribution in [0.25, 0.3) is 11.4 Å². The molecule has 146 valence electrons. The van der Waals surface area contributed by atoms with Gasteiger partial charge in [0.05, 0.1) is 5.75 Å². The molecule has 2 N–H and O–H groups in total. The summed E-state index contributed by atoms with van der Waals surface area (Å²) in [4.78, 5) is 24.8. The van der Waals surface area contributed by atoms with Crippen LogP contribution in [0, 0.1) is 0 Å². The number of H-pyrrole nitrogens is 1. The van der Waals surface area contributed by atoms with Crippen molar-refractivity contribution >= 4 is 23.4 Å². The average Bonchev–Trinajstić information content (AvgIpc) is 3.42. The lowest BCUT2D eigenvalue weighted by atomic mass is 10.2. The minimum absolute atomic E-state index is 0.103. The lowest BCUT2D eigenvalue weighted by Gasteiger charge is -2.02. The molecule has 0 aliphatic rings. The molecule has 0 fully saturated rings. The number of hydrogen-bond donors (Lipinski definition) is 2. The Kier molecular flexibility index (Phi) is 5.91. The Hall–Kier alpha value is -3.53. The van der Waals surface area contributed by atoms with E-state index in [4.69, 9.17) is 4.52 Å². The number of nitrogens with zero attached hydrogens (tertiary/aromatic N) is 5. The number of anilines is 1. The summed E-state index contributed by atoms with van der Waals surface area (Å²) in [5, 5.41) is 14.4. The van der Waals surface area contributed by atoms with Gasteiger partial charge in [0.2, 0.25) is 17.0 Å². The van der Waals surface area contributed by atoms with E-state index < -0.39 is 0 Å². The van der Waals surface area contributed by atoms with Gasteiger partial charge in [-0.05, 0) is 24.3 Å². The highest BCUT2D eigenvalue weighted by Crippen LogP contribution is 2.21. The van der Waals surface area contributed by atoms with Crippen LogP contribution in [0.5, 0.6) is 0 Å². The van der Waals surface area contributed by atoms with E-state index >= 15 is 0 Å². The number of carbonyl (C=O) groups excluding carboxylic acids is 1. The van der Waals surface area contributed by atoms with Crippen LogP contribution in [0.15, 0.2) is 64.5 Å². The maximum Gasteiger partial charge on any atom is 0.227 e. The van der Waals surface area contributed by atoms with Crippen LogP contribution in [-0.2, 0) is 17.0 Å². The van der Waals surface area contributed by atoms with E-state index in [1.807, 2.05) is 42.5 Å². The summed E-state index contributed by atoms with van der Waals surface area (Å²) in [6.07, 6.45) is 4.06. The van der Waals surface area contributed by atoms with Gasteiger partial charge in [-0.25, -0.2) is 4.98 Å². The molecule has 1 aromatic carbocycles. The Morgan fingerprint density at radius 2 is 2.03 bits per heavy atom. The minimum atomic E-state index is -0.103. The van der Waals surface area contributed by atoms with Gasteiger partial charge >= 0.3 is 0 Å². The van der Waals surface area contributed by atoms with Gasteiger partial charge in [0.15, 0.2) is 11.6 Å². The Labute approximate surface area is 170 Å². The van der Waals surface area contributed by atoms with Crippen molar-refractivity contribution in [3.63, 3.8) is 0 Å². The molecule has 0 atom stereocenters. The van der Waals surface area contributed by atoms with Crippen molar-refractivity contribution in [1.82, 2.24) is 30.3 Å². The third kappa shape index (κ3) is 5.26. The highest BCUT2D eigenvalue weighted by atomic mass is 32.2. The molecule has 4 aromatic rings. The zero-order chi connectivity index (χ0) is 19.9. The third-order valence-corrected chi connectivity index (χ3v) is 4.71. The van der Waals surface area contributed by atoms with E-state index in [0.717, 1.165) is 11.3 Å². The molecule has 0 saturated heterocycles. The number of thioether (sulfide) groups is 1. The number of hydrogen-bond acceptors (Lipinski definition) is 8. The third-order valence-electron chi connectivity index (χ3n) is 3.86. The first-order valence-electron chi connectivity index (χ1n) is 8.88. The lowest BCUT2D eigenvalue weighted by molar-refractivity contribution is -0.116. The number of nitrogens with one attached hydrogen (secondary N) is 2. The fourth-order valence-electron chi connectivity index (χ4n) is 2.49. The molecule has 3 aromatic heterocycles. The lowest BCUT2D eigenvalue weighted by Crippen LogP contribution is -2.12. The average molecular weight is 407 g/mol. The number of pyridine rings is 1. The molecule has 29 heavy (non-hydrogen) atoms. The summed E-state index contributed by atoms with van der Waals surface area (Å²) in [5.74, 6) is 1.97. The second-order valence-corrected chi connectivity index (χ2v) is 6.96. The van der Waals surface area contributed by atoms with Gasteiger partial charge in [0, 0.05) is 36.5 Å². The highest BCUT2D eigenvalue weighted by molar-refractivity contribution is 7.98. The van der Waals surface area contributed by atoms with Gasteiger partial charge in [-0.1, -0.05) is 35.1 Å². The van der Waals surface area contributed by atoms with Crippen molar-refractivity contribution in [3.05, 3.63) is 66.6 Å². The standard InChI is InChI=1S/C19H17N7O2S/c27-16(21-14-6-2-1-3-7-14)8-9-17-22-15(26-28-17)12-29-19-23-18(24-25-19)13-5-4-10-20-11-13/h1-7,10-11H,8-9,12H2,(H,21,27)(H,23,24,25). The second-order valence-electron chi connectivity index (χ2n) is 6.02. The van der Waals surface area contributed by atoms with Gasteiger partial charge in [-0.3, -0.25) is 14.9 Å². The first kappa shape index (κ1) is 18.8. The molecule has 0 spiro atoms. The molecule has 4 rings (SSSR count). The van der Waals surface area contributed by atoms with Crippen molar-refractivity contribution in [2.75, 3.05) is 5.32 Å². The number of amides is 1. The molecule has 0 aliphatic carbocycles. The number of aromatic nitrogens is 6. The summed E-state index contributed by atoms with van der Waals surface area (Å²) in [7, 11) is 0. The molecule has 0 saturated carbocycles. The Morgan fingerprint density at radius 3 is 2.86 bits per heavy atom. The van der Waals surface area contributed by atoms with Crippen LogP contribution >= 0.6 is 11.8 Å². The van der Waals surface area contributed by atoms with Gasteiger partial charge < -0.3 is 9.84 Å². The summed E-state index contributed by atoms with van der Waals surface area (Å²) in [5.41, 5.74) is 1.62. The number of carbonyl (C=O) groups is 1. The number of benzene rings is 1. The summed E-state index contributed by atoms with van der Waals surface area (Å²) < 4.78 is 5.22. The fourth-order valence-corrected chi connectivity index (χ4v) is 3.13. The van der Waals surface area contributed by atoms with E-state index in [9.17, 15) is 4.79 Å². The predicted molar refractivity (Wildman–Crippen MR) is 107 cm³/mol. The summed E-state index contributed by atoms with van der Waals surface area (Å²) in [6, 6.07) is 13.0. The van der Waals surface area contributed by atoms with Gasteiger partial charge in [0.1, 0.15) is 0 Å². The van der Waals surface area contributed by atoms with Crippen LogP contribution in [0.3, 0.4) is 0 Å². The van der Waals surface area contributed by atoms with Crippen LogP contribution in [0.4, 0.5) is 5.69 Å². The van der Waals surface area contributed by atoms with Crippen LogP contribution in [0.2, 0.25) is 0 Å². The Bertz CT molecular complexity index is 1070. The molecule has 9 nitrogen and oxygen atoms in total. The highest BCUT2D eigenvalue weighted by Gasteiger charge is 2.12. The monoisotopic (exact) mass is 407 g/mol. The SMILES string of the molecule is O=C(CCc1nc(CSc2n[nH]c(-c3cccnc3)n2)no1)Nc1ccccc1. The topological polar surface area (TPSA) is 122 Å². The first-order valence-corrected chi connectivity index (χ1v) is 9.87.